The van der Waals surface area contributed by atoms with Crippen molar-refractivity contribution in [2.45, 2.75) is 64.1 Å². The molecule has 1 fully saturated rings. The van der Waals surface area contributed by atoms with Gasteiger partial charge in [-0.25, -0.2) is 0 Å². The lowest BCUT2D eigenvalue weighted by atomic mass is 9.97. The Bertz CT molecular complexity index is 1350. The second-order valence-corrected chi connectivity index (χ2v) is 10.4. The van der Waals surface area contributed by atoms with Crippen LogP contribution in [0.1, 0.15) is 29.2 Å². The summed E-state index contributed by atoms with van der Waals surface area (Å²) in [6.07, 6.45) is -3.62. The van der Waals surface area contributed by atoms with E-state index >= 15 is 0 Å². The Morgan fingerprint density at radius 3 is 1.40 bits per heavy atom. The Morgan fingerprint density at radius 2 is 0.953 bits per heavy atom. The average Bonchev–Trinajstić information content (AvgIpc) is 3.04. The molecule has 0 aliphatic carbocycles. The lowest BCUT2D eigenvalue weighted by Gasteiger charge is -2.45. The van der Waals surface area contributed by atoms with Crippen molar-refractivity contribution in [3.63, 3.8) is 0 Å². The molecule has 0 N–H and O–H groups in total. The van der Waals surface area contributed by atoms with Gasteiger partial charge in [0.25, 0.3) is 0 Å². The van der Waals surface area contributed by atoms with Gasteiger partial charge in [0.1, 0.15) is 24.4 Å². The van der Waals surface area contributed by atoms with E-state index in [9.17, 15) is 4.79 Å². The van der Waals surface area contributed by atoms with E-state index < -0.39 is 36.7 Å². The van der Waals surface area contributed by atoms with Crippen LogP contribution in [0.15, 0.2) is 121 Å². The van der Waals surface area contributed by atoms with Crippen molar-refractivity contribution >= 4 is 5.97 Å². The highest BCUT2D eigenvalue weighted by atomic mass is 16.7. The summed E-state index contributed by atoms with van der Waals surface area (Å²) >= 11 is 0. The maximum Gasteiger partial charge on any atom is 0.305 e. The van der Waals surface area contributed by atoms with Crippen LogP contribution in [0.3, 0.4) is 0 Å². The van der Waals surface area contributed by atoms with E-state index in [2.05, 4.69) is 0 Å². The molecule has 0 amide bonds. The van der Waals surface area contributed by atoms with Gasteiger partial charge in [-0.15, -0.1) is 0 Å². The third kappa shape index (κ3) is 9.32. The summed E-state index contributed by atoms with van der Waals surface area (Å²) in [5.41, 5.74) is 4.02. The Morgan fingerprint density at radius 1 is 0.558 bits per heavy atom. The number of esters is 1. The molecule has 4 aromatic carbocycles. The van der Waals surface area contributed by atoms with E-state index in [1.807, 2.05) is 121 Å². The fourth-order valence-electron chi connectivity index (χ4n) is 5.01. The Kier molecular flexibility index (Phi) is 11.5. The van der Waals surface area contributed by atoms with Gasteiger partial charge in [-0.1, -0.05) is 121 Å². The van der Waals surface area contributed by atoms with E-state index in [-0.39, 0.29) is 13.2 Å². The zero-order chi connectivity index (χ0) is 29.7. The first kappa shape index (κ1) is 30.6. The zero-order valence-electron chi connectivity index (χ0n) is 24.3. The molecule has 1 heterocycles. The molecule has 4 aromatic rings. The number of carbonyl (C=O) groups excluding carboxylic acids is 1. The van der Waals surface area contributed by atoms with E-state index in [1.54, 1.807) is 0 Å². The average molecular weight is 583 g/mol. The van der Waals surface area contributed by atoms with Crippen LogP contribution < -0.4 is 0 Å². The van der Waals surface area contributed by atoms with E-state index in [1.165, 1.54) is 6.92 Å². The quantitative estimate of drug-likeness (QED) is 0.163. The van der Waals surface area contributed by atoms with Crippen LogP contribution in [0, 0.1) is 0 Å². The minimum Gasteiger partial charge on any atom is -0.433 e. The molecule has 1 unspecified atom stereocenters. The van der Waals surface area contributed by atoms with Crippen molar-refractivity contribution < 1.29 is 33.2 Å². The fraction of sp³-hybridized carbons (Fsp3) is 0.306. The van der Waals surface area contributed by atoms with Gasteiger partial charge >= 0.3 is 5.97 Å². The molecule has 7 nitrogen and oxygen atoms in total. The minimum atomic E-state index is -1.02. The van der Waals surface area contributed by atoms with Crippen LogP contribution in [0.25, 0.3) is 0 Å². The number of ether oxygens (including phenoxy) is 6. The number of benzene rings is 4. The second-order valence-electron chi connectivity index (χ2n) is 10.4. The predicted octanol–water partition coefficient (Wildman–Crippen LogP) is 6.25. The van der Waals surface area contributed by atoms with Crippen molar-refractivity contribution in [2.75, 3.05) is 6.61 Å². The largest absolute Gasteiger partial charge is 0.433 e. The fourth-order valence-corrected chi connectivity index (χ4v) is 5.01. The van der Waals surface area contributed by atoms with Crippen LogP contribution in [0.2, 0.25) is 0 Å². The molecule has 0 saturated carbocycles. The third-order valence-corrected chi connectivity index (χ3v) is 7.12. The van der Waals surface area contributed by atoms with Crippen molar-refractivity contribution in [3.8, 4) is 0 Å². The maximum absolute atomic E-state index is 12.3. The van der Waals surface area contributed by atoms with Crippen molar-refractivity contribution in [1.29, 1.82) is 0 Å². The van der Waals surface area contributed by atoms with Gasteiger partial charge < -0.3 is 28.4 Å². The molecule has 0 aromatic heterocycles. The van der Waals surface area contributed by atoms with Crippen molar-refractivity contribution in [2.24, 2.45) is 0 Å². The summed E-state index contributed by atoms with van der Waals surface area (Å²) in [6, 6.07) is 39.6. The topological polar surface area (TPSA) is 72.5 Å². The standard InChI is InChI=1S/C36H38O7/c1-27(37)42-36-35(41-25-31-20-12-5-13-21-31)34(40-24-30-18-10-4-11-19-30)33(39-23-29-16-8-3-9-17-29)32(43-36)26-38-22-28-14-6-2-7-15-28/h2-21,32-36H,22-26H2,1H3/t32-,33+,34+,35-,36?/m1/s1. The van der Waals surface area contributed by atoms with Gasteiger partial charge in [-0.2, -0.15) is 0 Å². The number of hydrogen-bond donors (Lipinski definition) is 0. The molecule has 224 valence electrons. The molecule has 1 aliphatic heterocycles. The molecule has 43 heavy (non-hydrogen) atoms. The highest BCUT2D eigenvalue weighted by Crippen LogP contribution is 2.31. The van der Waals surface area contributed by atoms with Crippen LogP contribution in [0.4, 0.5) is 0 Å². The van der Waals surface area contributed by atoms with Crippen molar-refractivity contribution in [1.82, 2.24) is 0 Å². The summed E-state index contributed by atoms with van der Waals surface area (Å²) in [7, 11) is 0. The van der Waals surface area contributed by atoms with Gasteiger partial charge in [-0.3, -0.25) is 4.79 Å². The highest BCUT2D eigenvalue weighted by molar-refractivity contribution is 5.66. The molecular formula is C36H38O7. The Balaban J connectivity index is 1.42. The monoisotopic (exact) mass is 582 g/mol. The van der Waals surface area contributed by atoms with Gasteiger partial charge in [0.15, 0.2) is 0 Å². The number of rotatable bonds is 14. The molecule has 5 atom stereocenters. The molecular weight excluding hydrogens is 544 g/mol. The Hall–Kier alpha value is -3.85. The lowest BCUT2D eigenvalue weighted by Crippen LogP contribution is -2.62. The zero-order valence-corrected chi connectivity index (χ0v) is 24.3. The molecule has 0 spiro atoms. The molecule has 1 saturated heterocycles. The van der Waals surface area contributed by atoms with Crippen LogP contribution in [-0.2, 0) is 59.6 Å². The molecule has 5 rings (SSSR count). The summed E-state index contributed by atoms with van der Waals surface area (Å²) in [6.45, 7) is 2.87. The maximum atomic E-state index is 12.3. The molecule has 7 heteroatoms. The van der Waals surface area contributed by atoms with Gasteiger partial charge in [0.2, 0.25) is 6.29 Å². The SMILES string of the molecule is CC(=O)OC1O[C@H](COCc2ccccc2)[C@H](OCc2ccccc2)[C@H](OCc2ccccc2)[C@H]1OCc1ccccc1. The predicted molar refractivity (Wildman–Crippen MR) is 162 cm³/mol. The summed E-state index contributed by atoms with van der Waals surface area (Å²) < 4.78 is 37.9. The number of carbonyl (C=O) groups is 1. The van der Waals surface area contributed by atoms with Gasteiger partial charge in [0, 0.05) is 6.92 Å². The molecule has 0 bridgehead atoms. The number of hydrogen-bond acceptors (Lipinski definition) is 7. The smallest absolute Gasteiger partial charge is 0.305 e. The van der Waals surface area contributed by atoms with Crippen molar-refractivity contribution in [3.05, 3.63) is 144 Å². The van der Waals surface area contributed by atoms with Gasteiger partial charge in [0.05, 0.1) is 33.0 Å². The van der Waals surface area contributed by atoms with Crippen LogP contribution in [-0.4, -0.2) is 43.3 Å². The van der Waals surface area contributed by atoms with Crippen LogP contribution in [0.5, 0.6) is 0 Å². The molecule has 1 aliphatic rings. The van der Waals surface area contributed by atoms with Gasteiger partial charge in [-0.05, 0) is 22.3 Å². The first-order valence-electron chi connectivity index (χ1n) is 14.6. The van der Waals surface area contributed by atoms with E-state index in [0.29, 0.717) is 19.8 Å². The van der Waals surface area contributed by atoms with E-state index in [4.69, 9.17) is 28.4 Å². The van der Waals surface area contributed by atoms with E-state index in [0.717, 1.165) is 22.3 Å². The highest BCUT2D eigenvalue weighted by Gasteiger charge is 2.50. The second kappa shape index (κ2) is 16.1. The third-order valence-electron chi connectivity index (χ3n) is 7.12. The summed E-state index contributed by atoms with van der Waals surface area (Å²) in [5, 5.41) is 0. The first-order valence-corrected chi connectivity index (χ1v) is 14.6. The normalized spacial score (nSPS) is 21.7. The lowest BCUT2D eigenvalue weighted by molar-refractivity contribution is -0.320. The Labute approximate surface area is 253 Å². The first-order chi connectivity index (χ1) is 21.2. The summed E-state index contributed by atoms with van der Waals surface area (Å²) in [4.78, 5) is 12.3. The minimum absolute atomic E-state index is 0.197. The van der Waals surface area contributed by atoms with Crippen LogP contribution >= 0.6 is 0 Å². The summed E-state index contributed by atoms with van der Waals surface area (Å²) in [5.74, 6) is -0.479. The molecule has 0 radical (unpaired) electrons.